The fraction of sp³-hybridized carbons (Fsp3) is 0.600. The Morgan fingerprint density at radius 2 is 2.00 bits per heavy atom. The van der Waals surface area contributed by atoms with Crippen molar-refractivity contribution in [1.82, 2.24) is 9.80 Å². The highest BCUT2D eigenvalue weighted by molar-refractivity contribution is 5.89. The van der Waals surface area contributed by atoms with Crippen molar-refractivity contribution in [2.45, 2.75) is 37.7 Å². The molecule has 2 saturated heterocycles. The van der Waals surface area contributed by atoms with Crippen LogP contribution in [0.2, 0.25) is 0 Å². The minimum atomic E-state index is -0.441. The molecule has 2 fully saturated rings. The standard InChI is InChI=1S/C20H28FN3O3/c1-23(2)18(25)13-15-7-12-27-20(14-15)8-10-24(11-9-20)19(26)22-17-6-4-3-5-16(17)21/h3-6,15H,7-14H2,1-2H3,(H,22,26). The van der Waals surface area contributed by atoms with E-state index in [1.54, 1.807) is 42.1 Å². The van der Waals surface area contributed by atoms with E-state index < -0.39 is 5.82 Å². The molecule has 7 heteroatoms. The van der Waals surface area contributed by atoms with Gasteiger partial charge < -0.3 is 19.9 Å². The highest BCUT2D eigenvalue weighted by Crippen LogP contribution is 2.39. The van der Waals surface area contributed by atoms with Gasteiger partial charge in [0.05, 0.1) is 11.3 Å². The summed E-state index contributed by atoms with van der Waals surface area (Å²) in [7, 11) is 3.56. The molecule has 2 heterocycles. The molecule has 3 rings (SSSR count). The van der Waals surface area contributed by atoms with Crippen molar-refractivity contribution >= 4 is 17.6 Å². The Balaban J connectivity index is 1.54. The van der Waals surface area contributed by atoms with Gasteiger partial charge in [-0.15, -0.1) is 0 Å². The monoisotopic (exact) mass is 377 g/mol. The van der Waals surface area contributed by atoms with Gasteiger partial charge in [0, 0.05) is 40.2 Å². The third-order valence-corrected chi connectivity index (χ3v) is 5.63. The molecule has 6 nitrogen and oxygen atoms in total. The average Bonchev–Trinajstić information content (AvgIpc) is 2.64. The first kappa shape index (κ1) is 19.6. The number of nitrogens with one attached hydrogen (secondary N) is 1. The zero-order chi connectivity index (χ0) is 19.4. The largest absolute Gasteiger partial charge is 0.375 e. The van der Waals surface area contributed by atoms with Crippen LogP contribution in [0.5, 0.6) is 0 Å². The van der Waals surface area contributed by atoms with Crippen LogP contribution in [0.4, 0.5) is 14.9 Å². The number of likely N-dealkylation sites (tertiary alicyclic amines) is 1. The number of carbonyl (C=O) groups excluding carboxylic acids is 2. The molecule has 0 saturated carbocycles. The number of hydrogen-bond donors (Lipinski definition) is 1. The van der Waals surface area contributed by atoms with E-state index in [9.17, 15) is 14.0 Å². The van der Waals surface area contributed by atoms with E-state index in [2.05, 4.69) is 5.32 Å². The molecule has 1 unspecified atom stereocenters. The average molecular weight is 377 g/mol. The number of benzene rings is 1. The highest BCUT2D eigenvalue weighted by atomic mass is 19.1. The maximum atomic E-state index is 13.7. The van der Waals surface area contributed by atoms with Gasteiger partial charge in [-0.1, -0.05) is 12.1 Å². The van der Waals surface area contributed by atoms with Gasteiger partial charge in [0.2, 0.25) is 5.91 Å². The van der Waals surface area contributed by atoms with Gasteiger partial charge in [0.25, 0.3) is 0 Å². The molecule has 1 aromatic rings. The smallest absolute Gasteiger partial charge is 0.321 e. The van der Waals surface area contributed by atoms with Gasteiger partial charge in [0.15, 0.2) is 0 Å². The van der Waals surface area contributed by atoms with Crippen LogP contribution in [-0.2, 0) is 9.53 Å². The van der Waals surface area contributed by atoms with Crippen molar-refractivity contribution in [3.63, 3.8) is 0 Å². The van der Waals surface area contributed by atoms with Crippen molar-refractivity contribution in [3.8, 4) is 0 Å². The molecule has 0 aromatic heterocycles. The maximum Gasteiger partial charge on any atom is 0.321 e. The quantitative estimate of drug-likeness (QED) is 0.880. The number of hydrogen-bond acceptors (Lipinski definition) is 3. The van der Waals surface area contributed by atoms with Gasteiger partial charge in [-0.05, 0) is 43.7 Å². The molecule has 1 spiro atoms. The third kappa shape index (κ3) is 4.77. The van der Waals surface area contributed by atoms with Gasteiger partial charge in [-0.25, -0.2) is 9.18 Å². The van der Waals surface area contributed by atoms with Gasteiger partial charge >= 0.3 is 6.03 Å². The summed E-state index contributed by atoms with van der Waals surface area (Å²) < 4.78 is 19.8. The molecule has 3 amide bonds. The van der Waals surface area contributed by atoms with Crippen LogP contribution in [0, 0.1) is 11.7 Å². The summed E-state index contributed by atoms with van der Waals surface area (Å²) in [6, 6.07) is 5.87. The zero-order valence-corrected chi connectivity index (χ0v) is 16.0. The fourth-order valence-corrected chi connectivity index (χ4v) is 3.96. The normalized spacial score (nSPS) is 21.7. The number of anilines is 1. The van der Waals surface area contributed by atoms with E-state index in [-0.39, 0.29) is 23.2 Å². The third-order valence-electron chi connectivity index (χ3n) is 5.63. The fourth-order valence-electron chi connectivity index (χ4n) is 3.96. The number of urea groups is 1. The Morgan fingerprint density at radius 3 is 2.67 bits per heavy atom. The number of piperidine rings is 1. The molecule has 1 aromatic carbocycles. The van der Waals surface area contributed by atoms with E-state index in [0.29, 0.717) is 32.0 Å². The van der Waals surface area contributed by atoms with Crippen molar-refractivity contribution in [2.75, 3.05) is 39.1 Å². The van der Waals surface area contributed by atoms with Crippen LogP contribution >= 0.6 is 0 Å². The van der Waals surface area contributed by atoms with Crippen LogP contribution in [0.1, 0.15) is 32.1 Å². The number of halogens is 1. The van der Waals surface area contributed by atoms with Crippen molar-refractivity contribution in [3.05, 3.63) is 30.1 Å². The Morgan fingerprint density at radius 1 is 1.30 bits per heavy atom. The number of nitrogens with zero attached hydrogens (tertiary/aromatic N) is 2. The van der Waals surface area contributed by atoms with E-state index in [1.807, 2.05) is 0 Å². The van der Waals surface area contributed by atoms with Crippen LogP contribution in [-0.4, -0.2) is 61.1 Å². The zero-order valence-electron chi connectivity index (χ0n) is 16.0. The topological polar surface area (TPSA) is 61.9 Å². The molecule has 1 N–H and O–H groups in total. The number of rotatable bonds is 3. The van der Waals surface area contributed by atoms with Crippen LogP contribution in [0.3, 0.4) is 0 Å². The van der Waals surface area contributed by atoms with Crippen LogP contribution in [0.15, 0.2) is 24.3 Å². The molecular weight excluding hydrogens is 349 g/mol. The highest BCUT2D eigenvalue weighted by Gasteiger charge is 2.41. The molecule has 0 radical (unpaired) electrons. The van der Waals surface area contributed by atoms with Gasteiger partial charge in [-0.2, -0.15) is 0 Å². The first-order chi connectivity index (χ1) is 12.9. The molecular formula is C20H28FN3O3. The van der Waals surface area contributed by atoms with E-state index in [0.717, 1.165) is 25.7 Å². The summed E-state index contributed by atoms with van der Waals surface area (Å²) in [6.07, 6.45) is 3.79. The van der Waals surface area contributed by atoms with Gasteiger partial charge in [-0.3, -0.25) is 4.79 Å². The predicted octanol–water partition coefficient (Wildman–Crippen LogP) is 3.10. The van der Waals surface area contributed by atoms with Gasteiger partial charge in [0.1, 0.15) is 5.82 Å². The molecule has 0 bridgehead atoms. The number of amides is 3. The van der Waals surface area contributed by atoms with Crippen molar-refractivity contribution < 1.29 is 18.7 Å². The van der Waals surface area contributed by atoms with Crippen LogP contribution in [0.25, 0.3) is 0 Å². The second-order valence-electron chi connectivity index (χ2n) is 7.78. The van der Waals surface area contributed by atoms with E-state index in [1.165, 1.54) is 6.07 Å². The summed E-state index contributed by atoms with van der Waals surface area (Å²) >= 11 is 0. The molecule has 27 heavy (non-hydrogen) atoms. The lowest BCUT2D eigenvalue weighted by atomic mass is 9.78. The van der Waals surface area contributed by atoms with Crippen molar-refractivity contribution in [1.29, 1.82) is 0 Å². The minimum Gasteiger partial charge on any atom is -0.375 e. The molecule has 2 aliphatic rings. The summed E-state index contributed by atoms with van der Waals surface area (Å²) in [4.78, 5) is 27.8. The SMILES string of the molecule is CN(C)C(=O)CC1CCOC2(CCN(C(=O)Nc3ccccc3F)CC2)C1. The lowest BCUT2D eigenvalue weighted by Crippen LogP contribution is -2.52. The minimum absolute atomic E-state index is 0.152. The Bertz CT molecular complexity index is 687. The van der Waals surface area contributed by atoms with E-state index in [4.69, 9.17) is 4.74 Å². The second-order valence-corrected chi connectivity index (χ2v) is 7.78. The summed E-state index contributed by atoms with van der Waals surface area (Å²) in [6.45, 7) is 1.79. The lowest BCUT2D eigenvalue weighted by Gasteiger charge is -2.46. The van der Waals surface area contributed by atoms with E-state index >= 15 is 0 Å². The molecule has 148 valence electrons. The summed E-state index contributed by atoms with van der Waals surface area (Å²) in [5.74, 6) is 0.0366. The second kappa shape index (κ2) is 8.25. The molecule has 2 aliphatic heterocycles. The van der Waals surface area contributed by atoms with Crippen molar-refractivity contribution in [2.24, 2.45) is 5.92 Å². The lowest BCUT2D eigenvalue weighted by molar-refractivity contribution is -0.138. The maximum absolute atomic E-state index is 13.7. The predicted molar refractivity (Wildman–Crippen MR) is 101 cm³/mol. The first-order valence-corrected chi connectivity index (χ1v) is 9.53. The summed E-state index contributed by atoms with van der Waals surface area (Å²) in [5, 5.41) is 2.64. The number of ether oxygens (including phenoxy) is 1. The Kier molecular flexibility index (Phi) is 5.99. The van der Waals surface area contributed by atoms with Crippen LogP contribution < -0.4 is 5.32 Å². The molecule has 0 aliphatic carbocycles. The number of carbonyl (C=O) groups is 2. The summed E-state index contributed by atoms with van der Waals surface area (Å²) in [5.41, 5.74) is -0.0523. The molecule has 1 atom stereocenters. The Hall–Kier alpha value is -2.15. The number of para-hydroxylation sites is 1. The Labute approximate surface area is 159 Å². The first-order valence-electron chi connectivity index (χ1n) is 9.53.